The average Bonchev–Trinajstić information content (AvgIpc) is 2.53. The number of hydrogen-bond acceptors (Lipinski definition) is 7. The Bertz CT molecular complexity index is 648. The first-order valence-corrected chi connectivity index (χ1v) is 8.87. The number of alkyl carbamates (subject to hydrolysis) is 1. The lowest BCUT2D eigenvalue weighted by molar-refractivity contribution is -0.183. The number of esters is 1. The number of methoxy groups -OCH3 is 2. The number of amides is 1. The van der Waals surface area contributed by atoms with Gasteiger partial charge in [-0.15, -0.1) is 0 Å². The summed E-state index contributed by atoms with van der Waals surface area (Å²) in [5.74, 6) is 0.647. The zero-order valence-corrected chi connectivity index (χ0v) is 16.5. The molecular formula is C17H22BrNO7. The first-order chi connectivity index (χ1) is 12.4. The SMILES string of the molecule is COc1cc(CCNC(=O)OC(C)OC(=O)C2COC2)c(OC)cc1Br. The molecule has 1 aliphatic heterocycles. The van der Waals surface area contributed by atoms with Crippen molar-refractivity contribution in [3.8, 4) is 11.5 Å². The monoisotopic (exact) mass is 431 g/mol. The summed E-state index contributed by atoms with van der Waals surface area (Å²) < 4.78 is 26.3. The van der Waals surface area contributed by atoms with Gasteiger partial charge in [0.05, 0.1) is 31.9 Å². The molecule has 8 nitrogen and oxygen atoms in total. The van der Waals surface area contributed by atoms with E-state index in [0.717, 1.165) is 10.0 Å². The predicted octanol–water partition coefficient (Wildman–Crippen LogP) is 2.27. The topological polar surface area (TPSA) is 92.3 Å². The molecule has 1 fully saturated rings. The van der Waals surface area contributed by atoms with E-state index in [1.54, 1.807) is 20.3 Å². The van der Waals surface area contributed by atoms with Gasteiger partial charge in [0.25, 0.3) is 0 Å². The van der Waals surface area contributed by atoms with E-state index < -0.39 is 18.4 Å². The van der Waals surface area contributed by atoms with Gasteiger partial charge in [0.15, 0.2) is 0 Å². The molecule has 1 atom stereocenters. The van der Waals surface area contributed by atoms with Gasteiger partial charge in [-0.1, -0.05) is 0 Å². The molecule has 1 aromatic carbocycles. The molecule has 2 rings (SSSR count). The first kappa shape index (κ1) is 20.3. The van der Waals surface area contributed by atoms with Gasteiger partial charge in [-0.25, -0.2) is 4.79 Å². The van der Waals surface area contributed by atoms with E-state index in [9.17, 15) is 9.59 Å². The number of nitrogens with one attached hydrogen (secondary N) is 1. The number of carbonyl (C=O) groups is 2. The molecule has 0 aromatic heterocycles. The van der Waals surface area contributed by atoms with E-state index in [1.165, 1.54) is 6.92 Å². The highest BCUT2D eigenvalue weighted by Crippen LogP contribution is 2.32. The Morgan fingerprint density at radius 2 is 1.92 bits per heavy atom. The highest BCUT2D eigenvalue weighted by atomic mass is 79.9. The number of hydrogen-bond donors (Lipinski definition) is 1. The molecule has 0 aliphatic carbocycles. The van der Waals surface area contributed by atoms with E-state index in [4.69, 9.17) is 23.7 Å². The van der Waals surface area contributed by atoms with Gasteiger partial charge >= 0.3 is 12.1 Å². The van der Waals surface area contributed by atoms with E-state index in [2.05, 4.69) is 21.2 Å². The minimum Gasteiger partial charge on any atom is -0.496 e. The van der Waals surface area contributed by atoms with Crippen molar-refractivity contribution in [3.05, 3.63) is 22.2 Å². The van der Waals surface area contributed by atoms with Crippen molar-refractivity contribution in [3.63, 3.8) is 0 Å². The standard InChI is InChI=1S/C17H22BrNO7/c1-10(25-16(20)12-8-24-9-12)26-17(21)19-5-4-11-6-15(23-3)13(18)7-14(11)22-2/h6-7,10,12H,4-5,8-9H2,1-3H3,(H,19,21). The molecule has 1 amide bonds. The third kappa shape index (κ3) is 5.50. The van der Waals surface area contributed by atoms with Crippen LogP contribution < -0.4 is 14.8 Å². The maximum absolute atomic E-state index is 11.8. The van der Waals surface area contributed by atoms with Crippen LogP contribution in [0.3, 0.4) is 0 Å². The number of carbonyl (C=O) groups excluding carboxylic acids is 2. The minimum absolute atomic E-state index is 0.274. The Morgan fingerprint density at radius 3 is 2.50 bits per heavy atom. The smallest absolute Gasteiger partial charge is 0.410 e. The number of ether oxygens (including phenoxy) is 5. The summed E-state index contributed by atoms with van der Waals surface area (Å²) >= 11 is 3.40. The lowest BCUT2D eigenvalue weighted by Crippen LogP contribution is -2.39. The molecule has 1 aliphatic rings. The number of benzene rings is 1. The summed E-state index contributed by atoms with van der Waals surface area (Å²) in [7, 11) is 3.15. The van der Waals surface area contributed by atoms with E-state index in [1.807, 2.05) is 6.07 Å². The second-order valence-corrected chi connectivity index (χ2v) is 6.47. The normalized spacial score (nSPS) is 14.8. The summed E-state index contributed by atoms with van der Waals surface area (Å²) in [4.78, 5) is 23.4. The van der Waals surface area contributed by atoms with E-state index in [-0.39, 0.29) is 5.92 Å². The van der Waals surface area contributed by atoms with Crippen LogP contribution in [0.2, 0.25) is 0 Å². The van der Waals surface area contributed by atoms with E-state index >= 15 is 0 Å². The Hall–Kier alpha value is -2.00. The van der Waals surface area contributed by atoms with Crippen molar-refractivity contribution in [2.75, 3.05) is 34.0 Å². The quantitative estimate of drug-likeness (QED) is 0.498. The minimum atomic E-state index is -0.967. The van der Waals surface area contributed by atoms with Crippen LogP contribution in [0.15, 0.2) is 16.6 Å². The third-order valence-electron chi connectivity index (χ3n) is 3.75. The lowest BCUT2D eigenvalue weighted by Gasteiger charge is -2.25. The molecule has 1 saturated heterocycles. The fraction of sp³-hybridized carbons (Fsp3) is 0.529. The molecular weight excluding hydrogens is 410 g/mol. The van der Waals surface area contributed by atoms with Crippen LogP contribution in [0, 0.1) is 5.92 Å². The Kier molecular flexibility index (Phi) is 7.52. The summed E-state index contributed by atoms with van der Waals surface area (Å²) in [6, 6.07) is 3.64. The van der Waals surface area contributed by atoms with Crippen LogP contribution in [0.25, 0.3) is 0 Å². The third-order valence-corrected chi connectivity index (χ3v) is 4.36. The van der Waals surface area contributed by atoms with Crippen LogP contribution >= 0.6 is 15.9 Å². The highest BCUT2D eigenvalue weighted by Gasteiger charge is 2.29. The molecule has 0 bridgehead atoms. The fourth-order valence-electron chi connectivity index (χ4n) is 2.27. The lowest BCUT2D eigenvalue weighted by atomic mass is 10.1. The van der Waals surface area contributed by atoms with Gasteiger partial charge < -0.3 is 29.0 Å². The van der Waals surface area contributed by atoms with Gasteiger partial charge in [0.1, 0.15) is 17.4 Å². The first-order valence-electron chi connectivity index (χ1n) is 8.07. The van der Waals surface area contributed by atoms with Crippen LogP contribution in [0.5, 0.6) is 11.5 Å². The van der Waals surface area contributed by atoms with Gasteiger partial charge in [0.2, 0.25) is 6.29 Å². The fourth-order valence-corrected chi connectivity index (χ4v) is 2.75. The van der Waals surface area contributed by atoms with Crippen molar-refractivity contribution >= 4 is 28.0 Å². The van der Waals surface area contributed by atoms with Crippen LogP contribution in [-0.4, -0.2) is 52.3 Å². The average molecular weight is 432 g/mol. The van der Waals surface area contributed by atoms with Crippen molar-refractivity contribution < 1.29 is 33.3 Å². The van der Waals surface area contributed by atoms with Crippen LogP contribution in [0.4, 0.5) is 4.79 Å². The van der Waals surface area contributed by atoms with Gasteiger partial charge in [0, 0.05) is 13.5 Å². The zero-order valence-electron chi connectivity index (χ0n) is 14.9. The highest BCUT2D eigenvalue weighted by molar-refractivity contribution is 9.10. The maximum atomic E-state index is 11.8. The summed E-state index contributed by atoms with van der Waals surface area (Å²) in [5, 5.41) is 2.61. The number of halogens is 1. The summed E-state index contributed by atoms with van der Waals surface area (Å²) in [6.45, 7) is 2.49. The molecule has 26 heavy (non-hydrogen) atoms. The second-order valence-electron chi connectivity index (χ2n) is 5.62. The molecule has 144 valence electrons. The van der Waals surface area contributed by atoms with Gasteiger partial charge in [-0.2, -0.15) is 0 Å². The molecule has 1 N–H and O–H groups in total. The largest absolute Gasteiger partial charge is 0.496 e. The van der Waals surface area contributed by atoms with E-state index in [0.29, 0.717) is 37.7 Å². The Balaban J connectivity index is 1.78. The van der Waals surface area contributed by atoms with Crippen LogP contribution in [-0.2, 0) is 25.4 Å². The molecule has 0 saturated carbocycles. The van der Waals surface area contributed by atoms with Gasteiger partial charge in [-0.3, -0.25) is 4.79 Å². The zero-order chi connectivity index (χ0) is 19.1. The molecule has 0 radical (unpaired) electrons. The van der Waals surface area contributed by atoms with Crippen LogP contribution in [0.1, 0.15) is 12.5 Å². The van der Waals surface area contributed by atoms with Gasteiger partial charge in [-0.05, 0) is 40.0 Å². The summed E-state index contributed by atoms with van der Waals surface area (Å²) in [5.41, 5.74) is 0.873. The molecule has 1 aromatic rings. The van der Waals surface area contributed by atoms with Crippen molar-refractivity contribution in [1.29, 1.82) is 0 Å². The predicted molar refractivity (Wildman–Crippen MR) is 95.3 cm³/mol. The Labute approximate surface area is 160 Å². The molecule has 1 heterocycles. The Morgan fingerprint density at radius 1 is 1.23 bits per heavy atom. The van der Waals surface area contributed by atoms with Crippen molar-refractivity contribution in [2.45, 2.75) is 19.6 Å². The van der Waals surface area contributed by atoms with Crippen molar-refractivity contribution in [2.24, 2.45) is 5.92 Å². The maximum Gasteiger partial charge on any atom is 0.410 e. The molecule has 1 unspecified atom stereocenters. The molecule has 9 heteroatoms. The molecule has 0 spiro atoms. The summed E-state index contributed by atoms with van der Waals surface area (Å²) in [6.07, 6.45) is -1.13. The van der Waals surface area contributed by atoms with Crippen molar-refractivity contribution in [1.82, 2.24) is 5.32 Å². The second kappa shape index (κ2) is 9.63. The number of rotatable bonds is 8.